The zero-order chi connectivity index (χ0) is 13.2. The molecule has 0 unspecified atom stereocenters. The van der Waals surface area contributed by atoms with Crippen LogP contribution in [-0.2, 0) is 6.42 Å². The average molecular weight is 246 g/mol. The molecule has 0 bridgehead atoms. The second-order valence-corrected chi connectivity index (χ2v) is 5.29. The molecule has 5 nitrogen and oxygen atoms in total. The standard InChI is InChI=1S/C13H18N4O/c1-13(2,3)15-12-17-16-11(18-12)8-9-4-6-10(14)7-5-9/h4-7H,8,14H2,1-3H3,(H,15,17). The van der Waals surface area contributed by atoms with Crippen molar-refractivity contribution < 1.29 is 4.42 Å². The minimum Gasteiger partial charge on any atom is -0.408 e. The van der Waals surface area contributed by atoms with Crippen LogP contribution >= 0.6 is 0 Å². The van der Waals surface area contributed by atoms with Gasteiger partial charge in [-0.3, -0.25) is 0 Å². The van der Waals surface area contributed by atoms with Crippen LogP contribution < -0.4 is 11.1 Å². The molecule has 0 atom stereocenters. The molecular formula is C13H18N4O. The van der Waals surface area contributed by atoms with E-state index in [-0.39, 0.29) is 5.54 Å². The first-order chi connectivity index (χ1) is 8.42. The van der Waals surface area contributed by atoms with Crippen LogP contribution in [0.2, 0.25) is 0 Å². The highest BCUT2D eigenvalue weighted by atomic mass is 16.4. The van der Waals surface area contributed by atoms with Crippen LogP contribution in [-0.4, -0.2) is 15.7 Å². The zero-order valence-corrected chi connectivity index (χ0v) is 10.9. The van der Waals surface area contributed by atoms with Gasteiger partial charge >= 0.3 is 6.01 Å². The Kier molecular flexibility index (Phi) is 3.23. The molecule has 0 aliphatic rings. The summed E-state index contributed by atoms with van der Waals surface area (Å²) >= 11 is 0. The summed E-state index contributed by atoms with van der Waals surface area (Å²) < 4.78 is 5.53. The first-order valence-electron chi connectivity index (χ1n) is 5.87. The van der Waals surface area contributed by atoms with E-state index in [4.69, 9.17) is 10.2 Å². The molecule has 0 fully saturated rings. The van der Waals surface area contributed by atoms with Crippen LogP contribution in [0.4, 0.5) is 11.7 Å². The Bertz CT molecular complexity index is 511. The number of rotatable bonds is 3. The monoisotopic (exact) mass is 246 g/mol. The zero-order valence-electron chi connectivity index (χ0n) is 10.9. The van der Waals surface area contributed by atoms with Crippen molar-refractivity contribution in [2.75, 3.05) is 11.1 Å². The minimum atomic E-state index is -0.0923. The molecule has 0 spiro atoms. The van der Waals surface area contributed by atoms with Gasteiger partial charge in [0, 0.05) is 11.2 Å². The number of nitrogens with one attached hydrogen (secondary N) is 1. The van der Waals surface area contributed by atoms with Gasteiger partial charge < -0.3 is 15.5 Å². The van der Waals surface area contributed by atoms with E-state index in [1.165, 1.54) is 0 Å². The molecule has 96 valence electrons. The van der Waals surface area contributed by atoms with E-state index in [9.17, 15) is 0 Å². The lowest BCUT2D eigenvalue weighted by Gasteiger charge is -2.17. The number of hydrogen-bond donors (Lipinski definition) is 2. The Hall–Kier alpha value is -2.04. The summed E-state index contributed by atoms with van der Waals surface area (Å²) in [5, 5.41) is 11.1. The number of nitrogen functional groups attached to an aromatic ring is 1. The van der Waals surface area contributed by atoms with E-state index >= 15 is 0 Å². The SMILES string of the molecule is CC(C)(C)Nc1nnc(Cc2ccc(N)cc2)o1. The van der Waals surface area contributed by atoms with Crippen molar-refractivity contribution in [2.24, 2.45) is 0 Å². The summed E-state index contributed by atoms with van der Waals surface area (Å²) in [6.45, 7) is 6.12. The maximum Gasteiger partial charge on any atom is 0.315 e. The lowest BCUT2D eigenvalue weighted by molar-refractivity contribution is 0.495. The highest BCUT2D eigenvalue weighted by Gasteiger charge is 2.14. The first kappa shape index (κ1) is 12.4. The van der Waals surface area contributed by atoms with E-state index in [2.05, 4.69) is 15.5 Å². The highest BCUT2D eigenvalue weighted by molar-refractivity contribution is 5.39. The van der Waals surface area contributed by atoms with E-state index in [0.717, 1.165) is 11.3 Å². The molecule has 0 saturated heterocycles. The fraction of sp³-hybridized carbons (Fsp3) is 0.385. The van der Waals surface area contributed by atoms with Crippen molar-refractivity contribution >= 4 is 11.7 Å². The molecule has 1 aromatic heterocycles. The molecule has 0 aliphatic carbocycles. The van der Waals surface area contributed by atoms with Crippen molar-refractivity contribution in [2.45, 2.75) is 32.7 Å². The molecule has 3 N–H and O–H groups in total. The summed E-state index contributed by atoms with van der Waals surface area (Å²) in [4.78, 5) is 0. The summed E-state index contributed by atoms with van der Waals surface area (Å²) in [5.74, 6) is 0.589. The minimum absolute atomic E-state index is 0.0923. The normalized spacial score (nSPS) is 11.5. The molecule has 0 amide bonds. The van der Waals surface area contributed by atoms with Crippen LogP contribution in [0.3, 0.4) is 0 Å². The first-order valence-corrected chi connectivity index (χ1v) is 5.87. The molecule has 2 aromatic rings. The van der Waals surface area contributed by atoms with Gasteiger partial charge in [0.05, 0.1) is 6.42 Å². The lowest BCUT2D eigenvalue weighted by Crippen LogP contribution is -2.26. The maximum atomic E-state index is 5.63. The van der Waals surface area contributed by atoms with Gasteiger partial charge in [-0.2, -0.15) is 0 Å². The quantitative estimate of drug-likeness (QED) is 0.813. The van der Waals surface area contributed by atoms with Gasteiger partial charge in [-0.15, -0.1) is 5.10 Å². The van der Waals surface area contributed by atoms with Crippen LogP contribution in [0.25, 0.3) is 0 Å². The van der Waals surface area contributed by atoms with Crippen LogP contribution in [0.5, 0.6) is 0 Å². The largest absolute Gasteiger partial charge is 0.408 e. The van der Waals surface area contributed by atoms with Gasteiger partial charge in [-0.05, 0) is 38.5 Å². The van der Waals surface area contributed by atoms with E-state index in [1.807, 2.05) is 45.0 Å². The Morgan fingerprint density at radius 1 is 1.17 bits per heavy atom. The molecular weight excluding hydrogens is 228 g/mol. The molecule has 0 aliphatic heterocycles. The number of nitrogens with zero attached hydrogens (tertiary/aromatic N) is 2. The highest BCUT2D eigenvalue weighted by Crippen LogP contribution is 2.15. The molecule has 0 saturated carbocycles. The van der Waals surface area contributed by atoms with Crippen molar-refractivity contribution in [3.05, 3.63) is 35.7 Å². The third-order valence-corrected chi connectivity index (χ3v) is 2.28. The molecule has 1 aromatic carbocycles. The molecule has 5 heteroatoms. The smallest absolute Gasteiger partial charge is 0.315 e. The van der Waals surface area contributed by atoms with Gasteiger partial charge in [0.25, 0.3) is 0 Å². The van der Waals surface area contributed by atoms with Crippen LogP contribution in [0.1, 0.15) is 32.2 Å². The van der Waals surface area contributed by atoms with E-state index < -0.39 is 0 Å². The Morgan fingerprint density at radius 2 is 1.83 bits per heavy atom. The topological polar surface area (TPSA) is 77.0 Å². The van der Waals surface area contributed by atoms with E-state index in [1.54, 1.807) is 0 Å². The number of anilines is 2. The second kappa shape index (κ2) is 4.68. The van der Waals surface area contributed by atoms with Gasteiger partial charge in [-0.1, -0.05) is 17.2 Å². The number of benzene rings is 1. The Morgan fingerprint density at radius 3 is 2.44 bits per heavy atom. The summed E-state index contributed by atoms with van der Waals surface area (Å²) in [6.07, 6.45) is 0.610. The van der Waals surface area contributed by atoms with Gasteiger partial charge in [0.15, 0.2) is 0 Å². The maximum absolute atomic E-state index is 5.63. The second-order valence-electron chi connectivity index (χ2n) is 5.29. The van der Waals surface area contributed by atoms with Gasteiger partial charge in [-0.25, -0.2) is 0 Å². The van der Waals surface area contributed by atoms with Crippen molar-refractivity contribution in [1.82, 2.24) is 10.2 Å². The van der Waals surface area contributed by atoms with Crippen LogP contribution in [0.15, 0.2) is 28.7 Å². The Balaban J connectivity index is 2.04. The molecule has 1 heterocycles. The molecule has 0 radical (unpaired) electrons. The third-order valence-electron chi connectivity index (χ3n) is 2.28. The van der Waals surface area contributed by atoms with Crippen molar-refractivity contribution in [1.29, 1.82) is 0 Å². The molecule has 18 heavy (non-hydrogen) atoms. The lowest BCUT2D eigenvalue weighted by atomic mass is 10.1. The third kappa shape index (κ3) is 3.48. The van der Waals surface area contributed by atoms with E-state index in [0.29, 0.717) is 18.3 Å². The number of hydrogen-bond acceptors (Lipinski definition) is 5. The van der Waals surface area contributed by atoms with Gasteiger partial charge in [0.2, 0.25) is 5.89 Å². The van der Waals surface area contributed by atoms with Crippen molar-refractivity contribution in [3.63, 3.8) is 0 Å². The fourth-order valence-corrected chi connectivity index (χ4v) is 1.51. The molecule has 2 rings (SSSR count). The van der Waals surface area contributed by atoms with Gasteiger partial charge in [0.1, 0.15) is 0 Å². The average Bonchev–Trinajstić information content (AvgIpc) is 2.66. The van der Waals surface area contributed by atoms with Crippen molar-refractivity contribution in [3.8, 4) is 0 Å². The number of nitrogens with two attached hydrogens (primary N) is 1. The fourth-order valence-electron chi connectivity index (χ4n) is 1.51. The predicted octanol–water partition coefficient (Wildman–Crippen LogP) is 2.45. The number of aromatic nitrogens is 2. The summed E-state index contributed by atoms with van der Waals surface area (Å²) in [7, 11) is 0. The Labute approximate surface area is 106 Å². The van der Waals surface area contributed by atoms with Crippen LogP contribution in [0, 0.1) is 0 Å². The predicted molar refractivity (Wildman–Crippen MR) is 71.3 cm³/mol. The summed E-state index contributed by atoms with van der Waals surface area (Å²) in [6, 6.07) is 8.08. The summed E-state index contributed by atoms with van der Waals surface area (Å²) in [5.41, 5.74) is 7.38.